The monoisotopic (exact) mass is 299 g/mol. The van der Waals surface area contributed by atoms with Crippen molar-refractivity contribution in [2.75, 3.05) is 13.1 Å². The van der Waals surface area contributed by atoms with Gasteiger partial charge < -0.3 is 4.90 Å². The van der Waals surface area contributed by atoms with Crippen LogP contribution in [0.3, 0.4) is 0 Å². The Morgan fingerprint density at radius 2 is 2.14 bits per heavy atom. The summed E-state index contributed by atoms with van der Waals surface area (Å²) in [6.07, 6.45) is 9.23. The van der Waals surface area contributed by atoms with Crippen LogP contribution in [0.15, 0.2) is 18.6 Å². The summed E-state index contributed by atoms with van der Waals surface area (Å²) in [4.78, 5) is 11.8. The van der Waals surface area contributed by atoms with Gasteiger partial charge in [0.25, 0.3) is 0 Å². The molecular weight excluding hydrogens is 274 g/mol. The highest BCUT2D eigenvalue weighted by Crippen LogP contribution is 2.22. The summed E-state index contributed by atoms with van der Waals surface area (Å²) >= 11 is 0. The van der Waals surface area contributed by atoms with Crippen molar-refractivity contribution in [2.45, 2.75) is 46.1 Å². The first-order valence-electron chi connectivity index (χ1n) is 8.19. The number of aryl methyl sites for hydroxylation is 1. The van der Waals surface area contributed by atoms with Crippen molar-refractivity contribution in [3.63, 3.8) is 0 Å². The Labute approximate surface area is 132 Å². The maximum absolute atomic E-state index is 4.62. The van der Waals surface area contributed by atoms with Gasteiger partial charge in [-0.3, -0.25) is 15.1 Å². The number of hydrogen-bond acceptors (Lipinski definition) is 4. The summed E-state index contributed by atoms with van der Waals surface area (Å²) in [7, 11) is 0. The zero-order valence-electron chi connectivity index (χ0n) is 13.7. The van der Waals surface area contributed by atoms with E-state index in [9.17, 15) is 0 Å². The first kappa shape index (κ1) is 15.2. The number of aromatic amines is 1. The standard InChI is InChI=1S/C17H25N5/c1-12(2)22-6-4-5-14(11-22)7-15-8-19-17(10-18-15)16-9-20-21-13(16)3/h8-10,12,14H,4-7,11H2,1-3H3,(H,20,21)/t14-/m1/s1. The first-order chi connectivity index (χ1) is 10.6. The molecule has 0 aliphatic carbocycles. The Morgan fingerprint density at radius 3 is 2.77 bits per heavy atom. The topological polar surface area (TPSA) is 57.7 Å². The van der Waals surface area contributed by atoms with E-state index in [1.165, 1.54) is 25.9 Å². The molecule has 22 heavy (non-hydrogen) atoms. The minimum Gasteiger partial charge on any atom is -0.301 e. The molecule has 5 heteroatoms. The van der Waals surface area contributed by atoms with Crippen LogP contribution in [0.2, 0.25) is 0 Å². The molecule has 3 rings (SSSR count). The minimum absolute atomic E-state index is 0.639. The van der Waals surface area contributed by atoms with Gasteiger partial charge in [-0.1, -0.05) is 0 Å². The second-order valence-electron chi connectivity index (χ2n) is 6.60. The maximum atomic E-state index is 4.62. The fraction of sp³-hybridized carbons (Fsp3) is 0.588. The maximum Gasteiger partial charge on any atom is 0.0919 e. The van der Waals surface area contributed by atoms with Crippen LogP contribution in [0, 0.1) is 12.8 Å². The van der Waals surface area contributed by atoms with E-state index in [4.69, 9.17) is 0 Å². The highest BCUT2D eigenvalue weighted by atomic mass is 15.2. The lowest BCUT2D eigenvalue weighted by molar-refractivity contribution is 0.139. The van der Waals surface area contributed by atoms with Gasteiger partial charge in [-0.2, -0.15) is 5.10 Å². The fourth-order valence-electron chi connectivity index (χ4n) is 3.24. The molecule has 0 spiro atoms. The van der Waals surface area contributed by atoms with Crippen molar-refractivity contribution in [1.82, 2.24) is 25.1 Å². The largest absolute Gasteiger partial charge is 0.301 e. The van der Waals surface area contributed by atoms with E-state index in [1.54, 1.807) is 6.20 Å². The number of nitrogens with one attached hydrogen (secondary N) is 1. The molecule has 0 amide bonds. The molecule has 0 bridgehead atoms. The summed E-state index contributed by atoms with van der Waals surface area (Å²) in [5.41, 5.74) is 4.05. The lowest BCUT2D eigenvalue weighted by Gasteiger charge is -2.35. The van der Waals surface area contributed by atoms with Crippen molar-refractivity contribution >= 4 is 0 Å². The Morgan fingerprint density at radius 1 is 1.27 bits per heavy atom. The molecule has 1 saturated heterocycles. The van der Waals surface area contributed by atoms with Crippen molar-refractivity contribution in [3.05, 3.63) is 30.0 Å². The smallest absolute Gasteiger partial charge is 0.0919 e. The second-order valence-corrected chi connectivity index (χ2v) is 6.60. The molecule has 1 N–H and O–H groups in total. The van der Waals surface area contributed by atoms with E-state index in [0.29, 0.717) is 12.0 Å². The SMILES string of the molecule is Cc1[nH]ncc1-c1cnc(C[C@H]2CCCN(C(C)C)C2)cn1. The van der Waals surface area contributed by atoms with Gasteiger partial charge in [0, 0.05) is 30.0 Å². The molecule has 1 atom stereocenters. The number of piperidine rings is 1. The molecule has 0 aromatic carbocycles. The molecular formula is C17H25N5. The second kappa shape index (κ2) is 6.57. The number of nitrogens with zero attached hydrogens (tertiary/aromatic N) is 4. The number of likely N-dealkylation sites (tertiary alicyclic amines) is 1. The van der Waals surface area contributed by atoms with E-state index in [1.807, 2.05) is 19.3 Å². The molecule has 2 aromatic heterocycles. The van der Waals surface area contributed by atoms with Gasteiger partial charge in [0.15, 0.2) is 0 Å². The van der Waals surface area contributed by atoms with Gasteiger partial charge in [-0.25, -0.2) is 0 Å². The third-order valence-electron chi connectivity index (χ3n) is 4.59. The molecule has 0 unspecified atom stereocenters. The predicted molar refractivity (Wildman–Crippen MR) is 87.5 cm³/mol. The van der Waals surface area contributed by atoms with Crippen LogP contribution in [0.5, 0.6) is 0 Å². The zero-order valence-corrected chi connectivity index (χ0v) is 13.7. The summed E-state index contributed by atoms with van der Waals surface area (Å²) < 4.78 is 0. The van der Waals surface area contributed by atoms with Gasteiger partial charge in [0.1, 0.15) is 0 Å². The summed E-state index contributed by atoms with van der Waals surface area (Å²) in [5.74, 6) is 0.701. The van der Waals surface area contributed by atoms with Gasteiger partial charge in [0.05, 0.1) is 23.8 Å². The molecule has 2 aromatic rings. The van der Waals surface area contributed by atoms with Crippen molar-refractivity contribution in [1.29, 1.82) is 0 Å². The number of rotatable bonds is 4. The Bertz CT molecular complexity index is 602. The molecule has 1 aliphatic rings. The van der Waals surface area contributed by atoms with Gasteiger partial charge >= 0.3 is 0 Å². The summed E-state index contributed by atoms with van der Waals surface area (Å²) in [6.45, 7) is 8.98. The molecule has 118 valence electrons. The average Bonchev–Trinajstić information content (AvgIpc) is 2.94. The van der Waals surface area contributed by atoms with Crippen LogP contribution in [0.1, 0.15) is 38.1 Å². The van der Waals surface area contributed by atoms with E-state index in [2.05, 4.69) is 38.9 Å². The summed E-state index contributed by atoms with van der Waals surface area (Å²) in [5, 5.41) is 6.98. The lowest BCUT2D eigenvalue weighted by atomic mass is 9.93. The summed E-state index contributed by atoms with van der Waals surface area (Å²) in [6, 6.07) is 0.639. The van der Waals surface area contributed by atoms with Crippen LogP contribution in [0.25, 0.3) is 11.3 Å². The van der Waals surface area contributed by atoms with Crippen molar-refractivity contribution < 1.29 is 0 Å². The van der Waals surface area contributed by atoms with Crippen LogP contribution < -0.4 is 0 Å². The molecule has 5 nitrogen and oxygen atoms in total. The van der Waals surface area contributed by atoms with E-state index >= 15 is 0 Å². The fourth-order valence-corrected chi connectivity index (χ4v) is 3.24. The molecule has 3 heterocycles. The van der Waals surface area contributed by atoms with Crippen molar-refractivity contribution in [3.8, 4) is 11.3 Å². The third kappa shape index (κ3) is 3.35. The zero-order chi connectivity index (χ0) is 15.5. The molecule has 1 aliphatic heterocycles. The average molecular weight is 299 g/mol. The predicted octanol–water partition coefficient (Wildman–Crippen LogP) is 2.84. The number of hydrogen-bond donors (Lipinski definition) is 1. The highest BCUT2D eigenvalue weighted by Gasteiger charge is 2.22. The Hall–Kier alpha value is -1.75. The van der Waals surface area contributed by atoms with Gasteiger partial charge in [-0.15, -0.1) is 0 Å². The van der Waals surface area contributed by atoms with Crippen LogP contribution in [-0.2, 0) is 6.42 Å². The highest BCUT2D eigenvalue weighted by molar-refractivity contribution is 5.59. The Kier molecular flexibility index (Phi) is 4.52. The van der Waals surface area contributed by atoms with Crippen LogP contribution in [-0.4, -0.2) is 44.2 Å². The first-order valence-corrected chi connectivity index (χ1v) is 8.19. The number of aromatic nitrogens is 4. The molecule has 0 saturated carbocycles. The van der Waals surface area contributed by atoms with Crippen LogP contribution in [0.4, 0.5) is 0 Å². The lowest BCUT2D eigenvalue weighted by Crippen LogP contribution is -2.40. The van der Waals surface area contributed by atoms with Crippen LogP contribution >= 0.6 is 0 Å². The number of H-pyrrole nitrogens is 1. The van der Waals surface area contributed by atoms with Gasteiger partial charge in [0.2, 0.25) is 0 Å². The third-order valence-corrected chi connectivity index (χ3v) is 4.59. The van der Waals surface area contributed by atoms with E-state index in [0.717, 1.165) is 29.1 Å². The van der Waals surface area contributed by atoms with E-state index < -0.39 is 0 Å². The minimum atomic E-state index is 0.639. The normalized spacial score (nSPS) is 19.7. The Balaban J connectivity index is 1.65. The molecule has 0 radical (unpaired) electrons. The van der Waals surface area contributed by atoms with E-state index in [-0.39, 0.29) is 0 Å². The van der Waals surface area contributed by atoms with Gasteiger partial charge in [-0.05, 0) is 52.5 Å². The quantitative estimate of drug-likeness (QED) is 0.943. The molecule has 1 fully saturated rings. The van der Waals surface area contributed by atoms with Crippen molar-refractivity contribution in [2.24, 2.45) is 5.92 Å².